The number of aliphatic carboxylic acids is 1. The topological polar surface area (TPSA) is 70.0 Å². The Kier molecular flexibility index (Phi) is 3.99. The summed E-state index contributed by atoms with van der Waals surface area (Å²) in [5.41, 5.74) is 1.47. The normalized spacial score (nSPS) is 21.9. The van der Waals surface area contributed by atoms with Crippen LogP contribution in [0.5, 0.6) is 5.75 Å². The molecule has 0 aromatic heterocycles. The standard InChI is InChI=1S/C13H16ClNO4/c1-7-3-8(14)4-9-12(18)10(6-19-13(7)9)15(2)5-11(16)17/h3-4,10,12,18H,5-6H2,1-2H3,(H,16,17). The Labute approximate surface area is 116 Å². The van der Waals surface area contributed by atoms with Crippen molar-refractivity contribution in [3.8, 4) is 5.75 Å². The third-order valence-corrected chi connectivity index (χ3v) is 3.52. The Bertz CT molecular complexity index is 506. The monoisotopic (exact) mass is 285 g/mol. The Morgan fingerprint density at radius 3 is 2.89 bits per heavy atom. The van der Waals surface area contributed by atoms with E-state index >= 15 is 0 Å². The Balaban J connectivity index is 2.28. The summed E-state index contributed by atoms with van der Waals surface area (Å²) in [5.74, 6) is -0.306. The minimum Gasteiger partial charge on any atom is -0.491 e. The van der Waals surface area contributed by atoms with E-state index in [9.17, 15) is 9.90 Å². The maximum atomic E-state index is 10.7. The highest BCUT2D eigenvalue weighted by Gasteiger charge is 2.33. The first-order chi connectivity index (χ1) is 8.90. The molecule has 2 rings (SSSR count). The number of carboxylic acids is 1. The molecule has 0 aliphatic carbocycles. The molecule has 0 saturated heterocycles. The number of rotatable bonds is 3. The molecule has 2 atom stereocenters. The average Bonchev–Trinajstić information content (AvgIpc) is 2.29. The second-order valence-corrected chi connectivity index (χ2v) is 5.21. The molecule has 1 aromatic carbocycles. The predicted molar refractivity (Wildman–Crippen MR) is 70.7 cm³/mol. The van der Waals surface area contributed by atoms with Crippen molar-refractivity contribution in [1.82, 2.24) is 4.90 Å². The largest absolute Gasteiger partial charge is 0.491 e. The maximum absolute atomic E-state index is 10.7. The minimum absolute atomic E-state index is 0.153. The molecule has 1 aromatic rings. The van der Waals surface area contributed by atoms with Crippen molar-refractivity contribution >= 4 is 17.6 Å². The van der Waals surface area contributed by atoms with Crippen molar-refractivity contribution in [1.29, 1.82) is 0 Å². The van der Waals surface area contributed by atoms with Crippen LogP contribution in [0.25, 0.3) is 0 Å². The quantitative estimate of drug-likeness (QED) is 0.880. The number of carboxylic acid groups (broad SMARTS) is 1. The Hall–Kier alpha value is -1.30. The number of fused-ring (bicyclic) bond motifs is 1. The number of hydrogen-bond acceptors (Lipinski definition) is 4. The molecule has 2 unspecified atom stereocenters. The second kappa shape index (κ2) is 5.36. The number of carbonyl (C=O) groups is 1. The zero-order chi connectivity index (χ0) is 14.2. The summed E-state index contributed by atoms with van der Waals surface area (Å²) in [6.07, 6.45) is -0.814. The first-order valence-electron chi connectivity index (χ1n) is 5.93. The van der Waals surface area contributed by atoms with E-state index in [4.69, 9.17) is 21.4 Å². The van der Waals surface area contributed by atoms with Crippen molar-refractivity contribution in [2.75, 3.05) is 20.2 Å². The number of hydrogen-bond donors (Lipinski definition) is 2. The first kappa shape index (κ1) is 14.1. The van der Waals surface area contributed by atoms with Crippen LogP contribution >= 0.6 is 11.6 Å². The van der Waals surface area contributed by atoms with Gasteiger partial charge in [-0.2, -0.15) is 0 Å². The minimum atomic E-state index is -0.942. The van der Waals surface area contributed by atoms with Crippen molar-refractivity contribution in [3.05, 3.63) is 28.3 Å². The third-order valence-electron chi connectivity index (χ3n) is 3.30. The number of aliphatic hydroxyl groups is 1. The molecular formula is C13H16ClNO4. The van der Waals surface area contributed by atoms with E-state index in [2.05, 4.69) is 0 Å². The highest BCUT2D eigenvalue weighted by Crippen LogP contribution is 2.38. The van der Waals surface area contributed by atoms with Crippen LogP contribution in [0.1, 0.15) is 17.2 Å². The fourth-order valence-electron chi connectivity index (χ4n) is 2.34. The lowest BCUT2D eigenvalue weighted by molar-refractivity contribution is -0.139. The number of benzene rings is 1. The molecule has 2 N–H and O–H groups in total. The summed E-state index contributed by atoms with van der Waals surface area (Å²) in [5, 5.41) is 19.7. The smallest absolute Gasteiger partial charge is 0.317 e. The summed E-state index contributed by atoms with van der Waals surface area (Å²) in [4.78, 5) is 12.3. The molecule has 0 fully saturated rings. The highest BCUT2D eigenvalue weighted by atomic mass is 35.5. The van der Waals surface area contributed by atoms with Gasteiger partial charge in [0, 0.05) is 10.6 Å². The fourth-order valence-corrected chi connectivity index (χ4v) is 2.62. The zero-order valence-corrected chi connectivity index (χ0v) is 11.5. The van der Waals surface area contributed by atoms with Gasteiger partial charge in [0.1, 0.15) is 18.5 Å². The van der Waals surface area contributed by atoms with Crippen molar-refractivity contribution in [3.63, 3.8) is 0 Å². The molecule has 0 radical (unpaired) electrons. The zero-order valence-electron chi connectivity index (χ0n) is 10.8. The molecular weight excluding hydrogens is 270 g/mol. The van der Waals surface area contributed by atoms with Crippen LogP contribution in [-0.4, -0.2) is 47.3 Å². The van der Waals surface area contributed by atoms with E-state index in [0.717, 1.165) is 5.56 Å². The van der Waals surface area contributed by atoms with Gasteiger partial charge in [-0.05, 0) is 31.7 Å². The average molecular weight is 286 g/mol. The number of halogens is 1. The first-order valence-corrected chi connectivity index (χ1v) is 6.31. The highest BCUT2D eigenvalue weighted by molar-refractivity contribution is 6.30. The lowest BCUT2D eigenvalue weighted by atomic mass is 9.96. The van der Waals surface area contributed by atoms with Crippen LogP contribution in [-0.2, 0) is 4.79 Å². The number of ether oxygens (including phenoxy) is 1. The van der Waals surface area contributed by atoms with Gasteiger partial charge >= 0.3 is 5.97 Å². The second-order valence-electron chi connectivity index (χ2n) is 4.77. The van der Waals surface area contributed by atoms with E-state index in [0.29, 0.717) is 16.3 Å². The van der Waals surface area contributed by atoms with Gasteiger partial charge in [0.25, 0.3) is 0 Å². The van der Waals surface area contributed by atoms with Crippen molar-refractivity contribution in [2.24, 2.45) is 0 Å². The molecule has 0 bridgehead atoms. The van der Waals surface area contributed by atoms with Gasteiger partial charge in [-0.25, -0.2) is 0 Å². The van der Waals surface area contributed by atoms with Crippen LogP contribution in [0.3, 0.4) is 0 Å². The van der Waals surface area contributed by atoms with E-state index in [1.54, 1.807) is 24.1 Å². The van der Waals surface area contributed by atoms with E-state index < -0.39 is 18.1 Å². The van der Waals surface area contributed by atoms with Gasteiger partial charge < -0.3 is 14.9 Å². The summed E-state index contributed by atoms with van der Waals surface area (Å²) in [6, 6.07) is 3.03. The molecule has 0 saturated carbocycles. The van der Waals surface area contributed by atoms with Crippen LogP contribution in [0.2, 0.25) is 5.02 Å². The molecule has 5 nitrogen and oxygen atoms in total. The molecule has 0 spiro atoms. The third kappa shape index (κ3) is 2.83. The summed E-state index contributed by atoms with van der Waals surface area (Å²) < 4.78 is 5.64. The predicted octanol–water partition coefficient (Wildman–Crippen LogP) is 1.46. The number of aliphatic hydroxyl groups excluding tert-OH is 1. The van der Waals surface area contributed by atoms with Gasteiger partial charge in [-0.3, -0.25) is 9.69 Å². The van der Waals surface area contributed by atoms with Crippen LogP contribution in [0, 0.1) is 6.92 Å². The van der Waals surface area contributed by atoms with Gasteiger partial charge in [-0.1, -0.05) is 11.6 Å². The summed E-state index contributed by atoms with van der Waals surface area (Å²) in [6.45, 7) is 1.96. The van der Waals surface area contributed by atoms with Gasteiger partial charge in [0.15, 0.2) is 0 Å². The van der Waals surface area contributed by atoms with E-state index in [1.165, 1.54) is 0 Å². The fraction of sp³-hybridized carbons (Fsp3) is 0.462. The SMILES string of the molecule is Cc1cc(Cl)cc2c1OCC(N(C)CC(=O)O)C2O. The summed E-state index contributed by atoms with van der Waals surface area (Å²) in [7, 11) is 1.65. The molecule has 1 aliphatic heterocycles. The van der Waals surface area contributed by atoms with Gasteiger partial charge in [0.2, 0.25) is 0 Å². The molecule has 6 heteroatoms. The number of nitrogens with zero attached hydrogens (tertiary/aromatic N) is 1. The summed E-state index contributed by atoms with van der Waals surface area (Å²) >= 11 is 5.98. The van der Waals surface area contributed by atoms with E-state index in [1.807, 2.05) is 6.92 Å². The van der Waals surface area contributed by atoms with Crippen LogP contribution < -0.4 is 4.74 Å². The Morgan fingerprint density at radius 1 is 1.58 bits per heavy atom. The molecule has 0 amide bonds. The maximum Gasteiger partial charge on any atom is 0.317 e. The Morgan fingerprint density at radius 2 is 2.26 bits per heavy atom. The lowest BCUT2D eigenvalue weighted by Gasteiger charge is -2.36. The lowest BCUT2D eigenvalue weighted by Crippen LogP contribution is -2.46. The molecule has 19 heavy (non-hydrogen) atoms. The van der Waals surface area contributed by atoms with Crippen LogP contribution in [0.15, 0.2) is 12.1 Å². The van der Waals surface area contributed by atoms with Crippen molar-refractivity contribution < 1.29 is 19.7 Å². The van der Waals surface area contributed by atoms with Crippen LogP contribution in [0.4, 0.5) is 0 Å². The van der Waals surface area contributed by atoms with Gasteiger partial charge in [-0.15, -0.1) is 0 Å². The van der Waals surface area contributed by atoms with Crippen molar-refractivity contribution in [2.45, 2.75) is 19.1 Å². The number of likely N-dealkylation sites (N-methyl/N-ethyl adjacent to an activating group) is 1. The molecule has 104 valence electrons. The van der Waals surface area contributed by atoms with E-state index in [-0.39, 0.29) is 13.2 Å². The molecule has 1 aliphatic rings. The molecule has 1 heterocycles. The van der Waals surface area contributed by atoms with Gasteiger partial charge in [0.05, 0.1) is 12.6 Å². The number of aryl methyl sites for hydroxylation is 1.